The van der Waals surface area contributed by atoms with Gasteiger partial charge in [-0.1, -0.05) is 11.8 Å². The fourth-order valence-electron chi connectivity index (χ4n) is 0.997. The summed E-state index contributed by atoms with van der Waals surface area (Å²) in [5, 5.41) is 21.0. The van der Waals surface area contributed by atoms with E-state index in [1.165, 1.54) is 18.2 Å². The number of nitrogens with one attached hydrogen (secondary N) is 1. The lowest BCUT2D eigenvalue weighted by atomic mass is 10.1. The lowest BCUT2D eigenvalue weighted by Crippen LogP contribution is -2.04. The Morgan fingerprint density at radius 2 is 2.27 bits per heavy atom. The van der Waals surface area contributed by atoms with Crippen molar-refractivity contribution < 1.29 is 15.0 Å². The van der Waals surface area contributed by atoms with Crippen LogP contribution in [0, 0.1) is 11.8 Å². The predicted molar refractivity (Wildman–Crippen MR) is 55.9 cm³/mol. The number of phenolic OH excluding ortho intramolecular Hbond substituents is 1. The van der Waals surface area contributed by atoms with Crippen molar-refractivity contribution in [3.05, 3.63) is 29.3 Å². The van der Waals surface area contributed by atoms with Crippen molar-refractivity contribution in [1.82, 2.24) is 5.32 Å². The molecule has 0 radical (unpaired) electrons. The van der Waals surface area contributed by atoms with Gasteiger partial charge in [0.15, 0.2) is 0 Å². The van der Waals surface area contributed by atoms with Crippen LogP contribution >= 0.6 is 0 Å². The minimum Gasteiger partial charge on any atom is -0.507 e. The smallest absolute Gasteiger partial charge is 0.335 e. The Kier molecular flexibility index (Phi) is 3.72. The van der Waals surface area contributed by atoms with E-state index in [9.17, 15) is 9.90 Å². The Morgan fingerprint density at radius 3 is 2.87 bits per heavy atom. The minimum atomic E-state index is -1.04. The SMILES string of the molecule is CNCC#Cc1cc(C(=O)O)ccc1O. The second-order valence-electron chi connectivity index (χ2n) is 2.87. The summed E-state index contributed by atoms with van der Waals surface area (Å²) in [6.45, 7) is 0.483. The molecule has 0 saturated carbocycles. The second-order valence-corrected chi connectivity index (χ2v) is 2.87. The molecule has 0 spiro atoms. The summed E-state index contributed by atoms with van der Waals surface area (Å²) in [7, 11) is 1.75. The lowest BCUT2D eigenvalue weighted by Gasteiger charge is -1.98. The number of rotatable bonds is 2. The highest BCUT2D eigenvalue weighted by atomic mass is 16.4. The molecule has 4 nitrogen and oxygen atoms in total. The molecule has 4 heteroatoms. The van der Waals surface area contributed by atoms with Gasteiger partial charge in [-0.25, -0.2) is 4.79 Å². The summed E-state index contributed by atoms with van der Waals surface area (Å²) < 4.78 is 0. The highest BCUT2D eigenvalue weighted by Gasteiger charge is 2.05. The van der Waals surface area contributed by atoms with Gasteiger partial charge in [-0.3, -0.25) is 0 Å². The van der Waals surface area contributed by atoms with Crippen LogP contribution in [0.5, 0.6) is 5.75 Å². The summed E-state index contributed by atoms with van der Waals surface area (Å²) in [5.74, 6) is 4.38. The first-order chi connectivity index (χ1) is 7.15. The van der Waals surface area contributed by atoms with Crippen LogP contribution in [-0.2, 0) is 0 Å². The average Bonchev–Trinajstić information content (AvgIpc) is 2.20. The van der Waals surface area contributed by atoms with E-state index in [2.05, 4.69) is 17.2 Å². The maximum Gasteiger partial charge on any atom is 0.335 e. The third kappa shape index (κ3) is 3.01. The molecule has 78 valence electrons. The topological polar surface area (TPSA) is 69.6 Å². The van der Waals surface area contributed by atoms with E-state index in [1.54, 1.807) is 7.05 Å². The fourth-order valence-corrected chi connectivity index (χ4v) is 0.997. The summed E-state index contributed by atoms with van der Waals surface area (Å²) in [4.78, 5) is 10.7. The minimum absolute atomic E-state index is 0.0106. The van der Waals surface area contributed by atoms with Gasteiger partial charge in [0.25, 0.3) is 0 Å². The molecule has 0 aliphatic heterocycles. The predicted octanol–water partition coefficient (Wildman–Crippen LogP) is 0.661. The van der Waals surface area contributed by atoms with Gasteiger partial charge in [-0.15, -0.1) is 0 Å². The van der Waals surface area contributed by atoms with E-state index >= 15 is 0 Å². The summed E-state index contributed by atoms with van der Waals surface area (Å²) >= 11 is 0. The Balaban J connectivity index is 3.02. The van der Waals surface area contributed by atoms with Gasteiger partial charge in [0.05, 0.1) is 17.7 Å². The van der Waals surface area contributed by atoms with E-state index in [0.717, 1.165) is 0 Å². The summed E-state index contributed by atoms with van der Waals surface area (Å²) in [6.07, 6.45) is 0. The van der Waals surface area contributed by atoms with Crippen LogP contribution in [0.3, 0.4) is 0 Å². The van der Waals surface area contributed by atoms with E-state index in [1.807, 2.05) is 0 Å². The third-order valence-corrected chi connectivity index (χ3v) is 1.73. The van der Waals surface area contributed by atoms with Gasteiger partial charge in [-0.2, -0.15) is 0 Å². The molecular formula is C11H11NO3. The number of aromatic carboxylic acids is 1. The van der Waals surface area contributed by atoms with Crippen molar-refractivity contribution in [2.45, 2.75) is 0 Å². The normalized spacial score (nSPS) is 9.13. The number of carbonyl (C=O) groups is 1. The molecule has 0 aliphatic carbocycles. The van der Waals surface area contributed by atoms with Crippen molar-refractivity contribution in [3.8, 4) is 17.6 Å². The molecule has 15 heavy (non-hydrogen) atoms. The number of hydrogen-bond acceptors (Lipinski definition) is 3. The van der Waals surface area contributed by atoms with Crippen LogP contribution in [0.4, 0.5) is 0 Å². The first kappa shape index (κ1) is 11.1. The van der Waals surface area contributed by atoms with Crippen molar-refractivity contribution in [1.29, 1.82) is 0 Å². The Bertz CT molecular complexity index is 429. The molecule has 0 heterocycles. The average molecular weight is 205 g/mol. The van der Waals surface area contributed by atoms with Crippen LogP contribution in [-0.4, -0.2) is 29.8 Å². The lowest BCUT2D eigenvalue weighted by molar-refractivity contribution is 0.0697. The van der Waals surface area contributed by atoms with Gasteiger partial charge >= 0.3 is 5.97 Å². The molecule has 0 fully saturated rings. The third-order valence-electron chi connectivity index (χ3n) is 1.73. The number of carboxylic acids is 1. The second kappa shape index (κ2) is 5.03. The van der Waals surface area contributed by atoms with E-state index < -0.39 is 5.97 Å². The van der Waals surface area contributed by atoms with Crippen LogP contribution in [0.2, 0.25) is 0 Å². The molecule has 0 aromatic heterocycles. The molecule has 0 bridgehead atoms. The van der Waals surface area contributed by atoms with Crippen molar-refractivity contribution in [3.63, 3.8) is 0 Å². The van der Waals surface area contributed by atoms with Gasteiger partial charge in [-0.05, 0) is 25.2 Å². The largest absolute Gasteiger partial charge is 0.507 e. The molecule has 3 N–H and O–H groups in total. The van der Waals surface area contributed by atoms with Gasteiger partial charge < -0.3 is 15.5 Å². The first-order valence-corrected chi connectivity index (χ1v) is 4.35. The van der Waals surface area contributed by atoms with Crippen LogP contribution in [0.1, 0.15) is 15.9 Å². The highest BCUT2D eigenvalue weighted by molar-refractivity contribution is 5.88. The van der Waals surface area contributed by atoms with Crippen molar-refractivity contribution >= 4 is 5.97 Å². The van der Waals surface area contributed by atoms with Gasteiger partial charge in [0.1, 0.15) is 5.75 Å². The van der Waals surface area contributed by atoms with E-state index in [0.29, 0.717) is 12.1 Å². The van der Waals surface area contributed by atoms with Gasteiger partial charge in [0.2, 0.25) is 0 Å². The fraction of sp³-hybridized carbons (Fsp3) is 0.182. The monoisotopic (exact) mass is 205 g/mol. The van der Waals surface area contributed by atoms with Crippen molar-refractivity contribution in [2.75, 3.05) is 13.6 Å². The summed E-state index contributed by atoms with van der Waals surface area (Å²) in [5.41, 5.74) is 0.437. The molecule has 1 rings (SSSR count). The number of benzene rings is 1. The van der Waals surface area contributed by atoms with Gasteiger partial charge in [0, 0.05) is 0 Å². The number of aromatic hydroxyl groups is 1. The number of carboxylic acid groups (broad SMARTS) is 1. The molecule has 0 amide bonds. The van der Waals surface area contributed by atoms with Crippen LogP contribution in [0.15, 0.2) is 18.2 Å². The van der Waals surface area contributed by atoms with E-state index in [-0.39, 0.29) is 11.3 Å². The zero-order valence-electron chi connectivity index (χ0n) is 8.24. The standard InChI is InChI=1S/C11H11NO3/c1-12-6-2-3-8-7-9(11(14)15)4-5-10(8)13/h4-5,7,12-13H,6H2,1H3,(H,14,15). The quantitative estimate of drug-likeness (QED) is 0.620. The maximum atomic E-state index is 10.7. The molecule has 0 saturated heterocycles. The molecule has 0 aliphatic rings. The zero-order chi connectivity index (χ0) is 11.3. The molecular weight excluding hydrogens is 194 g/mol. The van der Waals surface area contributed by atoms with Crippen LogP contribution < -0.4 is 5.32 Å². The van der Waals surface area contributed by atoms with Crippen molar-refractivity contribution in [2.24, 2.45) is 0 Å². The molecule has 0 atom stereocenters. The maximum absolute atomic E-state index is 10.7. The summed E-state index contributed by atoms with van der Waals surface area (Å²) in [6, 6.07) is 4.01. The Hall–Kier alpha value is -1.99. The molecule has 0 unspecified atom stereocenters. The molecule has 1 aromatic carbocycles. The molecule has 1 aromatic rings. The Morgan fingerprint density at radius 1 is 1.53 bits per heavy atom. The number of hydrogen-bond donors (Lipinski definition) is 3. The first-order valence-electron chi connectivity index (χ1n) is 4.35. The van der Waals surface area contributed by atoms with E-state index in [4.69, 9.17) is 5.11 Å². The number of phenols is 1. The Labute approximate surface area is 87.6 Å². The zero-order valence-corrected chi connectivity index (χ0v) is 8.24. The highest BCUT2D eigenvalue weighted by Crippen LogP contribution is 2.17. The van der Waals surface area contributed by atoms with Crippen LogP contribution in [0.25, 0.3) is 0 Å².